The third-order valence-electron chi connectivity index (χ3n) is 12.9. The molecule has 0 radical (unpaired) electrons. The second-order valence-corrected chi connectivity index (χ2v) is 16.5. The quantitative estimate of drug-likeness (QED) is 0.191. The summed E-state index contributed by atoms with van der Waals surface area (Å²) >= 11 is 0. The average molecular weight is 685 g/mol. The third kappa shape index (κ3) is 5.83. The van der Waals surface area contributed by atoms with E-state index < -0.39 is 0 Å². The highest BCUT2D eigenvalue weighted by Crippen LogP contribution is 2.42. The maximum atomic E-state index is 2.58. The van der Waals surface area contributed by atoms with Crippen molar-refractivity contribution in [2.24, 2.45) is 0 Å². The van der Waals surface area contributed by atoms with Crippen LogP contribution < -0.4 is 4.57 Å². The zero-order valence-electron chi connectivity index (χ0n) is 35.3. The molecule has 0 spiro atoms. The predicted octanol–water partition coefficient (Wildman–Crippen LogP) is 10.8. The minimum atomic E-state index is -0.199. The first-order valence-corrected chi connectivity index (χ1v) is 18.7. The number of hydrogen-bond donors (Lipinski definition) is 0. The zero-order chi connectivity index (χ0) is 38.2. The van der Waals surface area contributed by atoms with Crippen LogP contribution in [0, 0.1) is 90.0 Å². The summed E-state index contributed by atoms with van der Waals surface area (Å²) in [7, 11) is 0. The summed E-state index contributed by atoms with van der Waals surface area (Å²) in [6.07, 6.45) is 4.43. The molecule has 0 aliphatic carbocycles. The van der Waals surface area contributed by atoms with E-state index in [0.717, 1.165) is 0 Å². The summed E-state index contributed by atoms with van der Waals surface area (Å²) < 4.78 is 9.91. The molecule has 3 aromatic carbocycles. The predicted molar refractivity (Wildman–Crippen MR) is 217 cm³/mol. The molecule has 0 amide bonds. The van der Waals surface area contributed by atoms with E-state index >= 15 is 0 Å². The second kappa shape index (κ2) is 13.1. The van der Waals surface area contributed by atoms with Gasteiger partial charge in [0.15, 0.2) is 6.20 Å². The van der Waals surface area contributed by atoms with Crippen LogP contribution in [0.15, 0.2) is 36.5 Å². The molecule has 0 unspecified atom stereocenters. The van der Waals surface area contributed by atoms with Crippen LogP contribution in [-0.4, -0.2) is 37.0 Å². The highest BCUT2D eigenvalue weighted by molar-refractivity contribution is 6.37. The van der Waals surface area contributed by atoms with Crippen LogP contribution >= 0.6 is 0 Å². The van der Waals surface area contributed by atoms with Crippen LogP contribution in [0.3, 0.4) is 0 Å². The van der Waals surface area contributed by atoms with Crippen molar-refractivity contribution in [3.63, 3.8) is 0 Å². The Bertz CT molecular complexity index is 2200. The van der Waals surface area contributed by atoms with E-state index in [1.807, 2.05) is 0 Å². The molecule has 4 heteroatoms. The minimum Gasteiger partial charge on any atom is -0.130 e. The Labute approximate surface area is 309 Å². The second-order valence-electron chi connectivity index (χ2n) is 16.5. The number of nitrogens with zero attached hydrogens (tertiary/aromatic N) is 4. The molecule has 0 saturated heterocycles. The van der Waals surface area contributed by atoms with Crippen molar-refractivity contribution in [3.05, 3.63) is 115 Å². The molecule has 0 atom stereocenters. The molecule has 51 heavy (non-hydrogen) atoms. The van der Waals surface area contributed by atoms with Gasteiger partial charge >= 0.3 is 11.3 Å². The van der Waals surface area contributed by atoms with Gasteiger partial charge in [-0.3, -0.25) is 0 Å². The number of aromatic nitrogens is 1. The summed E-state index contributed by atoms with van der Waals surface area (Å²) in [6, 6.07) is 11.0. The van der Waals surface area contributed by atoms with Gasteiger partial charge in [-0.05, 0) is 147 Å². The van der Waals surface area contributed by atoms with Gasteiger partial charge in [0.25, 0.3) is 17.1 Å². The van der Waals surface area contributed by atoms with E-state index in [0.29, 0.717) is 0 Å². The number of benzene rings is 3. The Balaban J connectivity index is 0.000000210. The summed E-state index contributed by atoms with van der Waals surface area (Å²) in [5, 5.41) is 0. The smallest absolute Gasteiger partial charge is 0.130 e. The van der Waals surface area contributed by atoms with Gasteiger partial charge in [0, 0.05) is 59.4 Å². The number of hydrogen-bond acceptors (Lipinski definition) is 0. The number of aryl methyl sites for hydroxylation is 4. The van der Waals surface area contributed by atoms with Crippen LogP contribution in [0.1, 0.15) is 120 Å². The minimum absolute atomic E-state index is 0.0895. The van der Waals surface area contributed by atoms with Crippen molar-refractivity contribution < 1.29 is 18.3 Å². The fourth-order valence-corrected chi connectivity index (χ4v) is 9.00. The lowest BCUT2D eigenvalue weighted by Gasteiger charge is -2.23. The first-order valence-electron chi connectivity index (χ1n) is 18.7. The monoisotopic (exact) mass is 685 g/mol. The molecule has 6 rings (SSSR count). The fourth-order valence-electron chi connectivity index (χ4n) is 9.00. The highest BCUT2D eigenvalue weighted by atomic mass is 15.3. The van der Waals surface area contributed by atoms with Gasteiger partial charge in [0.1, 0.15) is 0 Å². The van der Waals surface area contributed by atoms with E-state index in [9.17, 15) is 0 Å². The van der Waals surface area contributed by atoms with Crippen molar-refractivity contribution in [2.75, 3.05) is 0 Å². The molecule has 2 aliphatic heterocycles. The average Bonchev–Trinajstić information content (AvgIpc) is 3.42. The first-order chi connectivity index (χ1) is 23.6. The first kappa shape index (κ1) is 38.1. The summed E-state index contributed by atoms with van der Waals surface area (Å²) in [4.78, 5) is 0. The molecule has 0 saturated carbocycles. The van der Waals surface area contributed by atoms with Crippen LogP contribution in [0.4, 0.5) is 17.1 Å². The van der Waals surface area contributed by atoms with E-state index in [4.69, 9.17) is 0 Å². The van der Waals surface area contributed by atoms with Gasteiger partial charge in [-0.15, -0.1) is 18.3 Å². The zero-order valence-corrected chi connectivity index (χ0v) is 35.3. The molecule has 0 bridgehead atoms. The van der Waals surface area contributed by atoms with E-state index in [1.54, 1.807) is 0 Å². The van der Waals surface area contributed by atoms with Crippen molar-refractivity contribution in [1.29, 1.82) is 0 Å². The SMILES string of the molecule is CC1=[N+](c2c(C)cc(C)c(C)c2C)C(C)(C)[N+](c2c(C)c(C)c(C)c(C)c2C)=C1C.Cc1cc(C)c([N+]2=Cc3cccc[n+]3C2(C)C)c(C)c1C. The standard InChI is InChI=1S/C28H40N2.C19H24N2/c1-15-14-16(2)26(21(7)17(15)3)29-24(10)25(11)30(28(29,12)13)27-22(8)19(5)18(4)20(6)23(27)9;1-13-11-14(2)18(16(4)15(13)3)21-12-17-9-7-8-10-20(17)19(21,5)6/h14H,1-13H3;7-12H,1-6H3/q2*+2. The summed E-state index contributed by atoms with van der Waals surface area (Å²) in [5.41, 5.74) is 25.7. The van der Waals surface area contributed by atoms with Crippen LogP contribution in [0.25, 0.3) is 0 Å². The molecule has 268 valence electrons. The number of rotatable bonds is 3. The molecule has 1 aromatic heterocycles. The van der Waals surface area contributed by atoms with Crippen LogP contribution in [0.5, 0.6) is 0 Å². The molecule has 0 fully saturated rings. The Morgan fingerprint density at radius 3 is 1.31 bits per heavy atom. The number of pyridine rings is 1. The molecule has 0 N–H and O–H groups in total. The fraction of sp³-hybridized carbons (Fsp3) is 0.447. The Morgan fingerprint density at radius 1 is 0.412 bits per heavy atom. The maximum absolute atomic E-state index is 2.58. The largest absolute Gasteiger partial charge is 0.356 e. The normalized spacial score (nSPS) is 16.0. The molecule has 3 heterocycles. The van der Waals surface area contributed by atoms with E-state index in [-0.39, 0.29) is 11.3 Å². The van der Waals surface area contributed by atoms with Gasteiger partial charge in [-0.1, -0.05) is 0 Å². The van der Waals surface area contributed by atoms with E-state index in [2.05, 4.69) is 193 Å². The van der Waals surface area contributed by atoms with Crippen molar-refractivity contribution in [1.82, 2.24) is 0 Å². The lowest BCUT2D eigenvalue weighted by atomic mass is 9.91. The van der Waals surface area contributed by atoms with E-state index in [1.165, 1.54) is 107 Å². The van der Waals surface area contributed by atoms with Gasteiger partial charge in [0.2, 0.25) is 23.3 Å². The molecule has 2 aliphatic rings. The third-order valence-corrected chi connectivity index (χ3v) is 12.9. The van der Waals surface area contributed by atoms with Crippen molar-refractivity contribution >= 4 is 34.7 Å². The Hall–Kier alpha value is -4.18. The van der Waals surface area contributed by atoms with Gasteiger partial charge in [-0.25, -0.2) is 0 Å². The van der Waals surface area contributed by atoms with Crippen LogP contribution in [0.2, 0.25) is 0 Å². The van der Waals surface area contributed by atoms with Gasteiger partial charge < -0.3 is 0 Å². The molecular weight excluding hydrogens is 621 g/mol. The summed E-state index contributed by atoms with van der Waals surface area (Å²) in [6.45, 7) is 43.1. The lowest BCUT2D eigenvalue weighted by molar-refractivity contribution is -0.887. The van der Waals surface area contributed by atoms with Gasteiger partial charge in [-0.2, -0.15) is 0 Å². The Kier molecular flexibility index (Phi) is 9.78. The maximum Gasteiger partial charge on any atom is 0.356 e. The van der Waals surface area contributed by atoms with Crippen LogP contribution in [-0.2, 0) is 5.66 Å². The van der Waals surface area contributed by atoms with Gasteiger partial charge in [0.05, 0.1) is 27.7 Å². The Morgan fingerprint density at radius 2 is 0.824 bits per heavy atom. The van der Waals surface area contributed by atoms with Crippen molar-refractivity contribution in [3.8, 4) is 0 Å². The topological polar surface area (TPSA) is 12.9 Å². The van der Waals surface area contributed by atoms with Crippen molar-refractivity contribution in [2.45, 2.75) is 143 Å². The molecular formula is C47H64N4+4. The lowest BCUT2D eigenvalue weighted by Crippen LogP contribution is -2.55. The number of fused-ring (bicyclic) bond motifs is 1. The summed E-state index contributed by atoms with van der Waals surface area (Å²) in [5.74, 6) is 0. The molecule has 4 aromatic rings. The highest BCUT2D eigenvalue weighted by Gasteiger charge is 2.55. The molecule has 4 nitrogen and oxygen atoms in total.